The number of hydrogen-bond acceptors (Lipinski definition) is 1. The summed E-state index contributed by atoms with van der Waals surface area (Å²) in [5.41, 5.74) is 4.51. The average Bonchev–Trinajstić information content (AvgIpc) is 2.61. The van der Waals surface area contributed by atoms with E-state index in [2.05, 4.69) is 32.0 Å². The van der Waals surface area contributed by atoms with Gasteiger partial charge >= 0.3 is 0 Å². The minimum Gasteiger partial charge on any atom is -0.295 e. The van der Waals surface area contributed by atoms with E-state index in [1.807, 2.05) is 67.6 Å². The molecule has 0 saturated heterocycles. The van der Waals surface area contributed by atoms with E-state index in [1.165, 1.54) is 11.1 Å². The Morgan fingerprint density at radius 2 is 1.24 bits per heavy atom. The van der Waals surface area contributed by atoms with Crippen molar-refractivity contribution >= 4 is 17.4 Å². The molecule has 0 aromatic heterocycles. The number of halogens is 1. The molecule has 2 heteroatoms. The smallest absolute Gasteiger partial charge is 0.159 e. The summed E-state index contributed by atoms with van der Waals surface area (Å²) in [7, 11) is 0. The van der Waals surface area contributed by atoms with Crippen LogP contribution in [-0.2, 0) is 0 Å². The summed E-state index contributed by atoms with van der Waals surface area (Å²) in [6, 6.07) is 25.5. The maximum atomic E-state index is 10.6. The Bertz CT molecular complexity index is 765. The summed E-state index contributed by atoms with van der Waals surface area (Å²) in [5, 5.41) is 0.848. The normalized spacial score (nSPS) is 9.16. The largest absolute Gasteiger partial charge is 0.295 e. The zero-order chi connectivity index (χ0) is 18.7. The second-order valence-corrected chi connectivity index (χ2v) is 6.24. The van der Waals surface area contributed by atoms with Crippen LogP contribution in [0.25, 0.3) is 0 Å². The standard InChI is InChI=1S/C8H9Cl.C8H8O.C7H8/c1-6-3-4-8(9)7(2)5-6;1-7(9)8-5-3-2-4-6-8;1-7-5-3-2-4-6-7/h3-5H,1-2H3;2-6H,1H3;2-6H,1H3. The van der Waals surface area contributed by atoms with Crippen LogP contribution in [0.15, 0.2) is 78.9 Å². The van der Waals surface area contributed by atoms with E-state index in [1.54, 1.807) is 6.92 Å². The Hall–Kier alpha value is -2.38. The zero-order valence-corrected chi connectivity index (χ0v) is 16.0. The molecule has 0 atom stereocenters. The van der Waals surface area contributed by atoms with Gasteiger partial charge in [-0.1, -0.05) is 95.5 Å². The topological polar surface area (TPSA) is 17.1 Å². The summed E-state index contributed by atoms with van der Waals surface area (Å²) in [5.74, 6) is 0.121. The van der Waals surface area contributed by atoms with Gasteiger partial charge in [0.25, 0.3) is 0 Å². The van der Waals surface area contributed by atoms with E-state index >= 15 is 0 Å². The number of aryl methyl sites for hydroxylation is 3. The maximum absolute atomic E-state index is 10.6. The highest BCUT2D eigenvalue weighted by Crippen LogP contribution is 2.15. The number of ketones is 1. The fourth-order valence-corrected chi connectivity index (χ4v) is 2.12. The molecule has 3 rings (SSSR count). The first-order valence-corrected chi connectivity index (χ1v) is 8.58. The number of carbonyl (C=O) groups is 1. The first-order valence-electron chi connectivity index (χ1n) is 8.20. The third kappa shape index (κ3) is 8.88. The lowest BCUT2D eigenvalue weighted by Gasteiger charge is -1.96. The molecule has 0 unspecified atom stereocenters. The lowest BCUT2D eigenvalue weighted by atomic mass is 10.2. The van der Waals surface area contributed by atoms with Crippen LogP contribution in [-0.4, -0.2) is 5.78 Å². The Balaban J connectivity index is 0.000000189. The lowest BCUT2D eigenvalue weighted by molar-refractivity contribution is 0.101. The molecule has 1 nitrogen and oxygen atoms in total. The highest BCUT2D eigenvalue weighted by atomic mass is 35.5. The van der Waals surface area contributed by atoms with E-state index in [-0.39, 0.29) is 5.78 Å². The van der Waals surface area contributed by atoms with Crippen molar-refractivity contribution in [1.82, 2.24) is 0 Å². The molecule has 0 aliphatic rings. The lowest BCUT2D eigenvalue weighted by Crippen LogP contribution is -1.88. The van der Waals surface area contributed by atoms with Gasteiger partial charge in [-0.25, -0.2) is 0 Å². The first kappa shape index (κ1) is 20.7. The average molecular weight is 353 g/mol. The molecule has 0 amide bonds. The molecule has 3 aromatic rings. The first-order chi connectivity index (χ1) is 11.9. The fourth-order valence-electron chi connectivity index (χ4n) is 2.00. The van der Waals surface area contributed by atoms with Crippen LogP contribution in [0.2, 0.25) is 5.02 Å². The number of rotatable bonds is 1. The van der Waals surface area contributed by atoms with E-state index < -0.39 is 0 Å². The second kappa shape index (κ2) is 11.2. The highest BCUT2D eigenvalue weighted by Gasteiger charge is 1.93. The van der Waals surface area contributed by atoms with E-state index in [0.29, 0.717) is 0 Å². The van der Waals surface area contributed by atoms with Gasteiger partial charge in [-0.15, -0.1) is 0 Å². The van der Waals surface area contributed by atoms with Crippen molar-refractivity contribution in [2.45, 2.75) is 27.7 Å². The van der Waals surface area contributed by atoms with Gasteiger partial charge in [-0.3, -0.25) is 4.79 Å². The summed E-state index contributed by atoms with van der Waals surface area (Å²) in [6.45, 7) is 7.72. The quantitative estimate of drug-likeness (QED) is 0.438. The minimum atomic E-state index is 0.121. The Labute approximate surface area is 156 Å². The van der Waals surface area contributed by atoms with E-state index in [4.69, 9.17) is 11.6 Å². The van der Waals surface area contributed by atoms with Gasteiger partial charge in [0, 0.05) is 10.6 Å². The summed E-state index contributed by atoms with van der Waals surface area (Å²) in [4.78, 5) is 10.6. The van der Waals surface area contributed by atoms with Crippen molar-refractivity contribution < 1.29 is 4.79 Å². The van der Waals surface area contributed by atoms with Gasteiger partial charge in [0.1, 0.15) is 0 Å². The Kier molecular flexibility index (Phi) is 9.28. The van der Waals surface area contributed by atoms with Crippen LogP contribution in [0.1, 0.15) is 34.0 Å². The van der Waals surface area contributed by atoms with Gasteiger partial charge in [0.2, 0.25) is 0 Å². The van der Waals surface area contributed by atoms with E-state index in [0.717, 1.165) is 16.1 Å². The molecule has 0 bridgehead atoms. The van der Waals surface area contributed by atoms with Crippen LogP contribution < -0.4 is 0 Å². The predicted octanol–water partition coefficient (Wildman–Crippen LogP) is 6.84. The third-order valence-electron chi connectivity index (χ3n) is 3.43. The maximum Gasteiger partial charge on any atom is 0.159 e. The van der Waals surface area contributed by atoms with Crippen LogP contribution in [0.3, 0.4) is 0 Å². The highest BCUT2D eigenvalue weighted by molar-refractivity contribution is 6.31. The second-order valence-electron chi connectivity index (χ2n) is 5.83. The number of hydrogen-bond donors (Lipinski definition) is 0. The van der Waals surface area contributed by atoms with Crippen LogP contribution in [0.4, 0.5) is 0 Å². The minimum absolute atomic E-state index is 0.121. The molecule has 3 aromatic carbocycles. The Morgan fingerprint density at radius 1 is 0.720 bits per heavy atom. The summed E-state index contributed by atoms with van der Waals surface area (Å²) >= 11 is 5.78. The Morgan fingerprint density at radius 3 is 1.56 bits per heavy atom. The monoisotopic (exact) mass is 352 g/mol. The molecule has 0 spiro atoms. The van der Waals surface area contributed by atoms with Crippen molar-refractivity contribution in [2.24, 2.45) is 0 Å². The van der Waals surface area contributed by atoms with Crippen LogP contribution >= 0.6 is 11.6 Å². The van der Waals surface area contributed by atoms with Gasteiger partial charge < -0.3 is 0 Å². The molecule has 130 valence electrons. The molecule has 0 aliphatic heterocycles. The number of carbonyl (C=O) groups excluding carboxylic acids is 1. The molecular formula is C23H25ClO. The number of benzene rings is 3. The predicted molar refractivity (Wildman–Crippen MR) is 109 cm³/mol. The van der Waals surface area contributed by atoms with Crippen molar-refractivity contribution in [3.8, 4) is 0 Å². The molecule has 0 fully saturated rings. The van der Waals surface area contributed by atoms with Crippen LogP contribution in [0, 0.1) is 20.8 Å². The molecule has 0 heterocycles. The zero-order valence-electron chi connectivity index (χ0n) is 15.3. The molecular weight excluding hydrogens is 328 g/mol. The van der Waals surface area contributed by atoms with Crippen molar-refractivity contribution in [1.29, 1.82) is 0 Å². The molecule has 0 N–H and O–H groups in total. The fraction of sp³-hybridized carbons (Fsp3) is 0.174. The van der Waals surface area contributed by atoms with E-state index in [9.17, 15) is 4.79 Å². The van der Waals surface area contributed by atoms with Crippen molar-refractivity contribution in [2.75, 3.05) is 0 Å². The van der Waals surface area contributed by atoms with Gasteiger partial charge in [0.15, 0.2) is 5.78 Å². The molecule has 0 radical (unpaired) electrons. The molecule has 25 heavy (non-hydrogen) atoms. The van der Waals surface area contributed by atoms with Crippen molar-refractivity contribution in [3.63, 3.8) is 0 Å². The summed E-state index contributed by atoms with van der Waals surface area (Å²) in [6.07, 6.45) is 0. The van der Waals surface area contributed by atoms with Crippen molar-refractivity contribution in [3.05, 3.63) is 106 Å². The third-order valence-corrected chi connectivity index (χ3v) is 3.86. The van der Waals surface area contributed by atoms with Gasteiger partial charge in [-0.2, -0.15) is 0 Å². The van der Waals surface area contributed by atoms with Gasteiger partial charge in [0.05, 0.1) is 0 Å². The van der Waals surface area contributed by atoms with Gasteiger partial charge in [-0.05, 0) is 39.3 Å². The van der Waals surface area contributed by atoms with Crippen LogP contribution in [0.5, 0.6) is 0 Å². The molecule has 0 saturated carbocycles. The SMILES string of the molecule is CC(=O)c1ccccc1.Cc1ccc(Cl)c(C)c1.Cc1ccccc1. The summed E-state index contributed by atoms with van der Waals surface area (Å²) < 4.78 is 0. The number of Topliss-reactive ketones (excluding diaryl/α,β-unsaturated/α-hetero) is 1. The molecule has 0 aliphatic carbocycles.